The molecule has 2 heterocycles. The van der Waals surface area contributed by atoms with Gasteiger partial charge in [0.15, 0.2) is 9.84 Å². The van der Waals surface area contributed by atoms with Crippen LogP contribution in [0.3, 0.4) is 0 Å². The van der Waals surface area contributed by atoms with Crippen molar-refractivity contribution in [2.45, 2.75) is 10.6 Å². The van der Waals surface area contributed by atoms with Crippen LogP contribution in [0.25, 0.3) is 0 Å². The molecule has 0 unspecified atom stereocenters. The second kappa shape index (κ2) is 2.81. The van der Waals surface area contributed by atoms with Crippen molar-refractivity contribution in [3.8, 4) is 0 Å². The summed E-state index contributed by atoms with van der Waals surface area (Å²) >= 11 is 1.17. The average Bonchev–Trinajstić information content (AvgIpc) is 2.54. The molecule has 0 fully saturated rings. The molecular formula is C7H7NO3S2. The van der Waals surface area contributed by atoms with Crippen LogP contribution in [0, 0.1) is 0 Å². The Hall–Kier alpha value is -0.880. The van der Waals surface area contributed by atoms with Crippen LogP contribution in [0.4, 0.5) is 0 Å². The normalized spacial score (nSPS) is 22.9. The second-order valence-electron chi connectivity index (χ2n) is 2.74. The van der Waals surface area contributed by atoms with Crippen molar-refractivity contribution in [1.82, 2.24) is 0 Å². The first kappa shape index (κ1) is 8.71. The summed E-state index contributed by atoms with van der Waals surface area (Å²) in [7, 11) is -3.12. The van der Waals surface area contributed by atoms with E-state index in [2.05, 4.69) is 5.16 Å². The Morgan fingerprint density at radius 3 is 3.00 bits per heavy atom. The molecule has 0 bridgehead atoms. The maximum absolute atomic E-state index is 11.5. The summed E-state index contributed by atoms with van der Waals surface area (Å²) in [5, 5.41) is 13.4. The van der Waals surface area contributed by atoms with Gasteiger partial charge in [0.05, 0.1) is 11.5 Å². The molecule has 1 aromatic rings. The molecule has 4 nitrogen and oxygen atoms in total. The van der Waals surface area contributed by atoms with Crippen LogP contribution in [-0.2, 0) is 9.84 Å². The highest BCUT2D eigenvalue weighted by atomic mass is 32.2. The van der Waals surface area contributed by atoms with E-state index >= 15 is 0 Å². The average molecular weight is 217 g/mol. The lowest BCUT2D eigenvalue weighted by molar-refractivity contribution is 0.318. The van der Waals surface area contributed by atoms with Gasteiger partial charge in [-0.1, -0.05) is 5.16 Å². The van der Waals surface area contributed by atoms with E-state index in [1.54, 1.807) is 11.4 Å². The van der Waals surface area contributed by atoms with Gasteiger partial charge in [-0.05, 0) is 11.4 Å². The monoisotopic (exact) mass is 217 g/mol. The fourth-order valence-corrected chi connectivity index (χ4v) is 4.12. The number of nitrogens with zero attached hydrogens (tertiary/aromatic N) is 1. The SMILES string of the molecule is O=S1(=O)CC/C(=N\O)c2ccsc21. The van der Waals surface area contributed by atoms with Crippen LogP contribution in [0.2, 0.25) is 0 Å². The van der Waals surface area contributed by atoms with Gasteiger partial charge in [0.2, 0.25) is 0 Å². The summed E-state index contributed by atoms with van der Waals surface area (Å²) in [5.74, 6) is 0.0416. The maximum atomic E-state index is 11.5. The van der Waals surface area contributed by atoms with Crippen LogP contribution in [-0.4, -0.2) is 25.1 Å². The predicted molar refractivity (Wildman–Crippen MR) is 49.3 cm³/mol. The van der Waals surface area contributed by atoms with Crippen LogP contribution in [0.15, 0.2) is 20.8 Å². The Bertz CT molecular complexity index is 458. The fourth-order valence-electron chi connectivity index (χ4n) is 1.31. The summed E-state index contributed by atoms with van der Waals surface area (Å²) in [6.07, 6.45) is 0.294. The highest BCUT2D eigenvalue weighted by Gasteiger charge is 2.29. The third-order valence-corrected chi connectivity index (χ3v) is 5.23. The van der Waals surface area contributed by atoms with Gasteiger partial charge < -0.3 is 5.21 Å². The summed E-state index contributed by atoms with van der Waals surface area (Å²) < 4.78 is 23.3. The Morgan fingerprint density at radius 2 is 2.31 bits per heavy atom. The predicted octanol–water partition coefficient (Wildman–Crippen LogP) is 1.10. The Morgan fingerprint density at radius 1 is 1.54 bits per heavy atom. The Kier molecular flexibility index (Phi) is 1.88. The highest BCUT2D eigenvalue weighted by Crippen LogP contribution is 2.29. The quantitative estimate of drug-likeness (QED) is 0.522. The highest BCUT2D eigenvalue weighted by molar-refractivity contribution is 7.93. The van der Waals surface area contributed by atoms with Gasteiger partial charge in [-0.25, -0.2) is 8.42 Å². The summed E-state index contributed by atoms with van der Waals surface area (Å²) in [5.41, 5.74) is 1.02. The largest absolute Gasteiger partial charge is 0.411 e. The molecule has 0 aromatic carbocycles. The number of thiophene rings is 1. The van der Waals surface area contributed by atoms with Gasteiger partial charge in [0.25, 0.3) is 0 Å². The lowest BCUT2D eigenvalue weighted by Gasteiger charge is -2.12. The van der Waals surface area contributed by atoms with E-state index in [1.807, 2.05) is 0 Å². The van der Waals surface area contributed by atoms with E-state index in [-0.39, 0.29) is 5.75 Å². The lowest BCUT2D eigenvalue weighted by atomic mass is 10.1. The minimum absolute atomic E-state index is 0.0416. The zero-order valence-corrected chi connectivity index (χ0v) is 8.23. The number of fused-ring (bicyclic) bond motifs is 1. The standard InChI is InChI=1S/C7H7NO3S2/c9-8-6-2-4-13(10,11)7-5(6)1-3-12-7/h1,3,9H,2,4H2/b8-6+. The third-order valence-electron chi connectivity index (χ3n) is 1.95. The molecule has 0 radical (unpaired) electrons. The van der Waals surface area contributed by atoms with Crippen LogP contribution in [0.1, 0.15) is 12.0 Å². The minimum atomic E-state index is -3.12. The van der Waals surface area contributed by atoms with Crippen molar-refractivity contribution in [2.24, 2.45) is 5.16 Å². The minimum Gasteiger partial charge on any atom is -0.411 e. The Balaban J connectivity index is 2.69. The van der Waals surface area contributed by atoms with Crippen molar-refractivity contribution in [3.05, 3.63) is 17.0 Å². The van der Waals surface area contributed by atoms with E-state index in [0.29, 0.717) is 21.9 Å². The van der Waals surface area contributed by atoms with Gasteiger partial charge in [0.1, 0.15) is 4.21 Å². The molecule has 0 aliphatic carbocycles. The molecular weight excluding hydrogens is 210 g/mol. The first-order chi connectivity index (χ1) is 6.15. The van der Waals surface area contributed by atoms with Crippen molar-refractivity contribution in [3.63, 3.8) is 0 Å². The second-order valence-corrected chi connectivity index (χ2v) is 5.96. The zero-order chi connectivity index (χ0) is 9.47. The molecule has 1 aliphatic rings. The van der Waals surface area contributed by atoms with E-state index in [9.17, 15) is 8.42 Å². The van der Waals surface area contributed by atoms with E-state index < -0.39 is 9.84 Å². The maximum Gasteiger partial charge on any atom is 0.188 e. The molecule has 1 aliphatic heterocycles. The van der Waals surface area contributed by atoms with Crippen molar-refractivity contribution in [2.75, 3.05) is 5.75 Å². The summed E-state index contributed by atoms with van der Waals surface area (Å²) in [4.78, 5) is 0. The summed E-state index contributed by atoms with van der Waals surface area (Å²) in [6, 6.07) is 1.67. The molecule has 6 heteroatoms. The van der Waals surface area contributed by atoms with Gasteiger partial charge in [0, 0.05) is 12.0 Å². The van der Waals surface area contributed by atoms with Gasteiger partial charge in [-0.3, -0.25) is 0 Å². The van der Waals surface area contributed by atoms with E-state index in [1.165, 1.54) is 11.3 Å². The molecule has 1 aromatic heterocycles. The summed E-state index contributed by atoms with van der Waals surface area (Å²) in [6.45, 7) is 0. The number of hydrogen-bond donors (Lipinski definition) is 1. The molecule has 70 valence electrons. The fraction of sp³-hybridized carbons (Fsp3) is 0.286. The molecule has 2 rings (SSSR count). The first-order valence-corrected chi connectivity index (χ1v) is 6.20. The zero-order valence-electron chi connectivity index (χ0n) is 6.60. The molecule has 0 spiro atoms. The van der Waals surface area contributed by atoms with Crippen molar-refractivity contribution in [1.29, 1.82) is 0 Å². The van der Waals surface area contributed by atoms with Gasteiger partial charge >= 0.3 is 0 Å². The molecule has 1 N–H and O–H groups in total. The molecule has 0 atom stereocenters. The van der Waals surface area contributed by atoms with E-state index in [4.69, 9.17) is 5.21 Å². The topological polar surface area (TPSA) is 66.7 Å². The van der Waals surface area contributed by atoms with Gasteiger partial charge in [-0.15, -0.1) is 11.3 Å². The van der Waals surface area contributed by atoms with Crippen LogP contribution < -0.4 is 0 Å². The number of sulfone groups is 1. The van der Waals surface area contributed by atoms with Crippen LogP contribution >= 0.6 is 11.3 Å². The van der Waals surface area contributed by atoms with Crippen molar-refractivity contribution >= 4 is 26.9 Å². The molecule has 0 amide bonds. The number of hydrogen-bond acceptors (Lipinski definition) is 5. The molecule has 0 saturated heterocycles. The molecule has 0 saturated carbocycles. The number of rotatable bonds is 0. The smallest absolute Gasteiger partial charge is 0.188 e. The molecule has 13 heavy (non-hydrogen) atoms. The first-order valence-electron chi connectivity index (χ1n) is 3.67. The van der Waals surface area contributed by atoms with Gasteiger partial charge in [-0.2, -0.15) is 0 Å². The van der Waals surface area contributed by atoms with Crippen molar-refractivity contribution < 1.29 is 13.6 Å². The number of oxime groups is 1. The lowest BCUT2D eigenvalue weighted by Crippen LogP contribution is -2.19. The third kappa shape index (κ3) is 1.26. The van der Waals surface area contributed by atoms with E-state index in [0.717, 1.165) is 0 Å². The van der Waals surface area contributed by atoms with Crippen LogP contribution in [0.5, 0.6) is 0 Å². The Labute approximate surface area is 79.4 Å².